The smallest absolute Gasteiger partial charge is 0.296 e. The van der Waals surface area contributed by atoms with Crippen LogP contribution in [0.2, 0.25) is 5.02 Å². The van der Waals surface area contributed by atoms with Crippen molar-refractivity contribution in [3.63, 3.8) is 0 Å². The van der Waals surface area contributed by atoms with Crippen LogP contribution in [0.3, 0.4) is 0 Å². The number of pyridine rings is 1. The molecule has 0 bridgehead atoms. The lowest BCUT2D eigenvalue weighted by molar-refractivity contribution is -0.384. The van der Waals surface area contributed by atoms with Gasteiger partial charge in [-0.1, -0.05) is 29.0 Å². The van der Waals surface area contributed by atoms with Crippen LogP contribution in [0.15, 0.2) is 82.6 Å². The first-order valence-electron chi connectivity index (χ1n) is 10.8. The van der Waals surface area contributed by atoms with Crippen LogP contribution in [0.4, 0.5) is 10.8 Å². The molecule has 1 unspecified atom stereocenters. The number of carbonyl (C=O) groups is 2. The maximum absolute atomic E-state index is 13.7. The van der Waals surface area contributed by atoms with Gasteiger partial charge in [0.25, 0.3) is 11.6 Å². The van der Waals surface area contributed by atoms with Gasteiger partial charge in [0.15, 0.2) is 16.7 Å². The molecule has 6 rings (SSSR count). The number of aliphatic hydroxyl groups excluding tert-OH is 1. The fourth-order valence-electron chi connectivity index (χ4n) is 4.23. The first-order chi connectivity index (χ1) is 17.8. The lowest BCUT2D eigenvalue weighted by atomic mass is 9.98. The number of non-ortho nitro benzene ring substituents is 1. The predicted molar refractivity (Wildman–Crippen MR) is 136 cm³/mol. The molecule has 10 nitrogen and oxygen atoms in total. The van der Waals surface area contributed by atoms with Crippen molar-refractivity contribution >= 4 is 66.6 Å². The molecule has 1 amide bonds. The van der Waals surface area contributed by atoms with E-state index in [4.69, 9.17) is 16.0 Å². The Bertz CT molecular complexity index is 1800. The highest BCUT2D eigenvalue weighted by molar-refractivity contribution is 7.22. The van der Waals surface area contributed by atoms with Crippen molar-refractivity contribution in [3.8, 4) is 0 Å². The van der Waals surface area contributed by atoms with Crippen molar-refractivity contribution < 1.29 is 24.0 Å². The number of hydrogen-bond acceptors (Lipinski definition) is 9. The summed E-state index contributed by atoms with van der Waals surface area (Å²) in [5, 5.41) is 23.3. The summed E-state index contributed by atoms with van der Waals surface area (Å²) >= 11 is 7.07. The number of hydrogen-bond donors (Lipinski definition) is 1. The van der Waals surface area contributed by atoms with Gasteiger partial charge in [-0.15, -0.1) is 0 Å². The zero-order valence-electron chi connectivity index (χ0n) is 18.5. The molecular weight excluding hydrogens is 520 g/mol. The normalized spacial score (nSPS) is 15.8. The van der Waals surface area contributed by atoms with E-state index >= 15 is 0 Å². The number of carbonyl (C=O) groups excluding carboxylic acids is 2. The molecule has 12 heteroatoms. The van der Waals surface area contributed by atoms with Crippen LogP contribution < -0.4 is 4.90 Å². The topological polar surface area (TPSA) is 140 Å². The van der Waals surface area contributed by atoms with Gasteiger partial charge in [0.2, 0.25) is 5.78 Å². The number of rotatable bonds is 5. The fraction of sp³-hybridized carbons (Fsp3) is 0.0400. The van der Waals surface area contributed by atoms with Crippen molar-refractivity contribution in [1.29, 1.82) is 0 Å². The Morgan fingerprint density at radius 1 is 1.16 bits per heavy atom. The highest BCUT2D eigenvalue weighted by atomic mass is 35.5. The van der Waals surface area contributed by atoms with Crippen LogP contribution in [0.5, 0.6) is 0 Å². The molecule has 0 spiro atoms. The van der Waals surface area contributed by atoms with Crippen LogP contribution in [0.25, 0.3) is 21.2 Å². The van der Waals surface area contributed by atoms with E-state index < -0.39 is 28.4 Å². The zero-order chi connectivity index (χ0) is 25.8. The van der Waals surface area contributed by atoms with E-state index in [2.05, 4.69) is 9.97 Å². The van der Waals surface area contributed by atoms with Gasteiger partial charge in [0.1, 0.15) is 11.6 Å². The van der Waals surface area contributed by atoms with Crippen molar-refractivity contribution in [1.82, 2.24) is 9.97 Å². The van der Waals surface area contributed by atoms with E-state index in [0.717, 1.165) is 11.3 Å². The number of nitro groups is 1. The minimum atomic E-state index is -1.12. The first kappa shape index (κ1) is 22.8. The predicted octanol–water partition coefficient (Wildman–Crippen LogP) is 5.78. The largest absolute Gasteiger partial charge is 0.503 e. The van der Waals surface area contributed by atoms with Gasteiger partial charge in [-0.2, -0.15) is 0 Å². The Kier molecular flexibility index (Phi) is 5.25. The third-order valence-corrected chi connectivity index (χ3v) is 7.15. The summed E-state index contributed by atoms with van der Waals surface area (Å²) in [6, 6.07) is 14.4. The number of nitro benzene ring substituents is 1. The Balaban J connectivity index is 1.49. The number of Topliss-reactive ketones (excluding diaryl/α,β-unsaturated/α-hetero) is 1. The summed E-state index contributed by atoms with van der Waals surface area (Å²) in [4.78, 5) is 47.6. The Hall–Kier alpha value is -4.61. The van der Waals surface area contributed by atoms with E-state index in [9.17, 15) is 24.8 Å². The Morgan fingerprint density at radius 2 is 2.00 bits per heavy atom. The monoisotopic (exact) mass is 532 g/mol. The molecular formula is C25H13ClN4O6S. The zero-order valence-corrected chi connectivity index (χ0v) is 20.1. The maximum atomic E-state index is 13.7. The van der Waals surface area contributed by atoms with Crippen LogP contribution in [-0.2, 0) is 4.79 Å². The standard InChI is InChI=1S/C25H13ClN4O6S/c26-13-4-7-17-12(9-13)10-18(36-17)22(31)20-21(16-3-1-2-8-27-16)29(24(33)23(20)32)25-28-15-6-5-14(30(34)35)11-19(15)37-25/h1-11,21,32H. The van der Waals surface area contributed by atoms with E-state index in [-0.39, 0.29) is 22.2 Å². The van der Waals surface area contributed by atoms with Crippen LogP contribution in [-0.4, -0.2) is 31.7 Å². The molecule has 1 aliphatic rings. The van der Waals surface area contributed by atoms with Crippen LogP contribution >= 0.6 is 22.9 Å². The van der Waals surface area contributed by atoms with E-state index in [1.807, 2.05) is 0 Å². The van der Waals surface area contributed by atoms with Crippen molar-refractivity contribution in [3.05, 3.63) is 105 Å². The number of nitrogens with zero attached hydrogens (tertiary/aromatic N) is 4. The molecule has 0 saturated heterocycles. The molecule has 1 atom stereocenters. The number of amides is 1. The van der Waals surface area contributed by atoms with Crippen LogP contribution in [0, 0.1) is 10.1 Å². The van der Waals surface area contributed by atoms with Crippen molar-refractivity contribution in [2.24, 2.45) is 0 Å². The second kappa shape index (κ2) is 8.50. The Morgan fingerprint density at radius 3 is 2.76 bits per heavy atom. The average Bonchev–Trinajstić information content (AvgIpc) is 3.57. The molecule has 37 heavy (non-hydrogen) atoms. The SMILES string of the molecule is O=C(C1=C(O)C(=O)N(c2nc3ccc([N+](=O)[O-])cc3s2)C1c1ccccn1)c1cc2cc(Cl)ccc2o1. The van der Waals surface area contributed by atoms with Gasteiger partial charge < -0.3 is 9.52 Å². The number of halogens is 1. The lowest BCUT2D eigenvalue weighted by Gasteiger charge is -2.23. The molecule has 0 saturated carbocycles. The molecule has 2 aromatic carbocycles. The number of aromatic nitrogens is 2. The summed E-state index contributed by atoms with van der Waals surface area (Å²) in [6.45, 7) is 0. The Labute approximate surface area is 216 Å². The molecule has 0 radical (unpaired) electrons. The van der Waals surface area contributed by atoms with Crippen molar-refractivity contribution in [2.45, 2.75) is 6.04 Å². The van der Waals surface area contributed by atoms with Gasteiger partial charge in [0.05, 0.1) is 26.4 Å². The number of fused-ring (bicyclic) bond motifs is 2. The van der Waals surface area contributed by atoms with Crippen molar-refractivity contribution in [2.75, 3.05) is 4.90 Å². The minimum absolute atomic E-state index is 0.0886. The summed E-state index contributed by atoms with van der Waals surface area (Å²) in [5.74, 6) is -2.40. The number of anilines is 1. The number of furan rings is 1. The van der Waals surface area contributed by atoms with Gasteiger partial charge in [-0.25, -0.2) is 4.98 Å². The first-order valence-corrected chi connectivity index (χ1v) is 12.0. The highest BCUT2D eigenvalue weighted by Gasteiger charge is 2.47. The molecule has 5 aromatic rings. The molecule has 182 valence electrons. The van der Waals surface area contributed by atoms with Gasteiger partial charge >= 0.3 is 0 Å². The van der Waals surface area contributed by atoms with Gasteiger partial charge in [-0.05, 0) is 42.5 Å². The lowest BCUT2D eigenvalue weighted by Crippen LogP contribution is -2.31. The second-order valence-electron chi connectivity index (χ2n) is 8.12. The van der Waals surface area contributed by atoms with Crippen LogP contribution in [0.1, 0.15) is 22.3 Å². The van der Waals surface area contributed by atoms with Gasteiger partial charge in [-0.3, -0.25) is 29.6 Å². The molecule has 1 aliphatic heterocycles. The summed E-state index contributed by atoms with van der Waals surface area (Å²) in [7, 11) is 0. The third-order valence-electron chi connectivity index (χ3n) is 5.90. The van der Waals surface area contributed by atoms with E-state index in [1.165, 1.54) is 35.4 Å². The molecule has 3 aromatic heterocycles. The molecule has 1 N–H and O–H groups in total. The van der Waals surface area contributed by atoms with E-state index in [0.29, 0.717) is 31.9 Å². The second-order valence-corrected chi connectivity index (χ2v) is 9.57. The number of benzene rings is 2. The summed E-state index contributed by atoms with van der Waals surface area (Å²) in [6.07, 6.45) is 1.50. The number of aliphatic hydroxyl groups is 1. The minimum Gasteiger partial charge on any atom is -0.503 e. The van der Waals surface area contributed by atoms with Gasteiger partial charge in [0, 0.05) is 28.7 Å². The summed E-state index contributed by atoms with van der Waals surface area (Å²) < 4.78 is 6.17. The summed E-state index contributed by atoms with van der Waals surface area (Å²) in [5.41, 5.74) is 0.799. The fourth-order valence-corrected chi connectivity index (χ4v) is 5.43. The average molecular weight is 533 g/mol. The van der Waals surface area contributed by atoms with E-state index in [1.54, 1.807) is 36.4 Å². The quantitative estimate of drug-likeness (QED) is 0.170. The third kappa shape index (κ3) is 3.72. The number of ketones is 1. The molecule has 0 fully saturated rings. The molecule has 4 heterocycles. The highest BCUT2D eigenvalue weighted by Crippen LogP contribution is 2.44. The molecule has 0 aliphatic carbocycles. The maximum Gasteiger partial charge on any atom is 0.296 e. The number of thiazole rings is 1.